The maximum atomic E-state index is 13.5. The first-order valence-electron chi connectivity index (χ1n) is 5.92. The molecular weight excluding hydrogens is 264 g/mol. The summed E-state index contributed by atoms with van der Waals surface area (Å²) in [7, 11) is 1.56. The molecule has 4 nitrogen and oxygen atoms in total. The highest BCUT2D eigenvalue weighted by atomic mass is 19.1. The van der Waals surface area contributed by atoms with Gasteiger partial charge in [0.05, 0.1) is 18.1 Å². The number of imidazole rings is 1. The van der Waals surface area contributed by atoms with E-state index in [1.54, 1.807) is 25.3 Å². The molecule has 0 atom stereocenters. The van der Waals surface area contributed by atoms with E-state index in [-0.39, 0.29) is 11.6 Å². The molecule has 0 aliphatic carbocycles. The van der Waals surface area contributed by atoms with Gasteiger partial charge in [-0.15, -0.1) is 0 Å². The minimum absolute atomic E-state index is 0.237. The lowest BCUT2D eigenvalue weighted by Crippen LogP contribution is -1.98. The molecular formula is C14H11F2N3O. The molecule has 3 rings (SSSR count). The number of aromatic nitrogens is 2. The second kappa shape index (κ2) is 4.80. The third-order valence-corrected chi connectivity index (χ3v) is 2.90. The van der Waals surface area contributed by atoms with Gasteiger partial charge in [-0.1, -0.05) is 6.07 Å². The Morgan fingerprint density at radius 2 is 1.90 bits per heavy atom. The topological polar surface area (TPSA) is 49.9 Å². The first-order valence-corrected chi connectivity index (χ1v) is 5.92. The number of aromatic amines is 1. The first-order chi connectivity index (χ1) is 9.67. The van der Waals surface area contributed by atoms with Crippen molar-refractivity contribution in [1.82, 2.24) is 9.97 Å². The molecule has 6 heteroatoms. The van der Waals surface area contributed by atoms with Gasteiger partial charge < -0.3 is 15.0 Å². The standard InChI is InChI=1S/C14H11F2N3O/c1-20-8-5-6-11-12(7-8)18-14(17-11)19-13-9(15)3-2-4-10(13)16/h2-7H,1H3,(H2,17,18,19). The second-order valence-corrected chi connectivity index (χ2v) is 4.19. The number of methoxy groups -OCH3 is 1. The number of halogens is 2. The van der Waals surface area contributed by atoms with Crippen molar-refractivity contribution in [2.45, 2.75) is 0 Å². The van der Waals surface area contributed by atoms with Gasteiger partial charge in [-0.3, -0.25) is 0 Å². The Morgan fingerprint density at radius 3 is 2.60 bits per heavy atom. The van der Waals surface area contributed by atoms with Crippen LogP contribution >= 0.6 is 0 Å². The summed E-state index contributed by atoms with van der Waals surface area (Å²) in [6, 6.07) is 8.93. The van der Waals surface area contributed by atoms with Crippen molar-refractivity contribution in [3.63, 3.8) is 0 Å². The lowest BCUT2D eigenvalue weighted by molar-refractivity contribution is 0.415. The Morgan fingerprint density at radius 1 is 1.15 bits per heavy atom. The maximum absolute atomic E-state index is 13.5. The van der Waals surface area contributed by atoms with E-state index in [2.05, 4.69) is 15.3 Å². The summed E-state index contributed by atoms with van der Waals surface area (Å²) in [5.74, 6) is -0.423. The zero-order valence-electron chi connectivity index (χ0n) is 10.6. The van der Waals surface area contributed by atoms with E-state index < -0.39 is 11.6 Å². The SMILES string of the molecule is COc1ccc2nc(Nc3c(F)cccc3F)[nH]c2c1. The predicted molar refractivity (Wildman–Crippen MR) is 72.3 cm³/mol. The number of benzene rings is 2. The average Bonchev–Trinajstić information content (AvgIpc) is 2.84. The molecule has 0 saturated heterocycles. The molecule has 0 radical (unpaired) electrons. The van der Waals surface area contributed by atoms with Crippen LogP contribution in [-0.2, 0) is 0 Å². The van der Waals surface area contributed by atoms with E-state index in [4.69, 9.17) is 4.74 Å². The van der Waals surface area contributed by atoms with Crippen LogP contribution in [0.2, 0.25) is 0 Å². The third kappa shape index (κ3) is 2.16. The molecule has 0 fully saturated rings. The second-order valence-electron chi connectivity index (χ2n) is 4.19. The molecule has 1 aromatic heterocycles. The molecule has 0 amide bonds. The summed E-state index contributed by atoms with van der Waals surface area (Å²) < 4.78 is 32.2. The molecule has 2 N–H and O–H groups in total. The number of rotatable bonds is 3. The Labute approximate surface area is 113 Å². The molecule has 0 aliphatic rings. The Kier molecular flexibility index (Phi) is 2.98. The molecule has 0 spiro atoms. The number of H-pyrrole nitrogens is 1. The summed E-state index contributed by atoms with van der Waals surface area (Å²) in [6.07, 6.45) is 0. The van der Waals surface area contributed by atoms with Crippen LogP contribution < -0.4 is 10.1 Å². The van der Waals surface area contributed by atoms with E-state index >= 15 is 0 Å². The first kappa shape index (κ1) is 12.4. The fourth-order valence-corrected chi connectivity index (χ4v) is 1.91. The highest BCUT2D eigenvalue weighted by molar-refractivity contribution is 5.80. The number of ether oxygens (including phenoxy) is 1. The van der Waals surface area contributed by atoms with Crippen LogP contribution in [-0.4, -0.2) is 17.1 Å². The van der Waals surface area contributed by atoms with Crippen molar-refractivity contribution < 1.29 is 13.5 Å². The van der Waals surface area contributed by atoms with Gasteiger partial charge in [-0.25, -0.2) is 13.8 Å². The minimum atomic E-state index is -0.678. The number of hydrogen-bond acceptors (Lipinski definition) is 3. The smallest absolute Gasteiger partial charge is 0.205 e. The van der Waals surface area contributed by atoms with Gasteiger partial charge in [0.25, 0.3) is 0 Å². The number of hydrogen-bond donors (Lipinski definition) is 2. The molecule has 0 bridgehead atoms. The number of para-hydroxylation sites is 1. The van der Waals surface area contributed by atoms with Gasteiger partial charge in [0, 0.05) is 6.07 Å². The van der Waals surface area contributed by atoms with Crippen LogP contribution in [0, 0.1) is 11.6 Å². The van der Waals surface area contributed by atoms with Crippen molar-refractivity contribution >= 4 is 22.7 Å². The molecule has 0 saturated carbocycles. The number of nitrogens with one attached hydrogen (secondary N) is 2. The van der Waals surface area contributed by atoms with Crippen LogP contribution in [0.15, 0.2) is 36.4 Å². The van der Waals surface area contributed by atoms with Gasteiger partial charge in [0.15, 0.2) is 0 Å². The number of anilines is 2. The zero-order chi connectivity index (χ0) is 14.1. The maximum Gasteiger partial charge on any atom is 0.205 e. The van der Waals surface area contributed by atoms with Gasteiger partial charge in [0.2, 0.25) is 5.95 Å². The third-order valence-electron chi connectivity index (χ3n) is 2.90. The highest BCUT2D eigenvalue weighted by Crippen LogP contribution is 2.25. The van der Waals surface area contributed by atoms with E-state index in [9.17, 15) is 8.78 Å². The summed E-state index contributed by atoms with van der Waals surface area (Å²) in [5, 5.41) is 2.61. The summed E-state index contributed by atoms with van der Waals surface area (Å²) in [4.78, 5) is 7.15. The van der Waals surface area contributed by atoms with Crippen LogP contribution in [0.25, 0.3) is 11.0 Å². The normalized spacial score (nSPS) is 10.8. The van der Waals surface area contributed by atoms with Gasteiger partial charge in [0.1, 0.15) is 23.1 Å². The van der Waals surface area contributed by atoms with E-state index in [0.717, 1.165) is 0 Å². The largest absolute Gasteiger partial charge is 0.497 e. The monoisotopic (exact) mass is 275 g/mol. The quantitative estimate of drug-likeness (QED) is 0.768. The Bertz CT molecular complexity index is 750. The van der Waals surface area contributed by atoms with Crippen LogP contribution in [0.4, 0.5) is 20.4 Å². The van der Waals surface area contributed by atoms with Gasteiger partial charge in [-0.05, 0) is 24.3 Å². The molecule has 2 aromatic carbocycles. The van der Waals surface area contributed by atoms with Crippen LogP contribution in [0.1, 0.15) is 0 Å². The van der Waals surface area contributed by atoms with Crippen molar-refractivity contribution in [3.8, 4) is 5.75 Å². The molecule has 1 heterocycles. The van der Waals surface area contributed by atoms with Crippen molar-refractivity contribution in [3.05, 3.63) is 48.0 Å². The van der Waals surface area contributed by atoms with Crippen molar-refractivity contribution in [2.75, 3.05) is 12.4 Å². The fraction of sp³-hybridized carbons (Fsp3) is 0.0714. The molecule has 0 aliphatic heterocycles. The van der Waals surface area contributed by atoms with E-state index in [1.807, 2.05) is 0 Å². The molecule has 20 heavy (non-hydrogen) atoms. The molecule has 3 aromatic rings. The van der Waals surface area contributed by atoms with Crippen LogP contribution in [0.5, 0.6) is 5.75 Å². The summed E-state index contributed by atoms with van der Waals surface area (Å²) >= 11 is 0. The minimum Gasteiger partial charge on any atom is -0.497 e. The Hall–Kier alpha value is -2.63. The lowest BCUT2D eigenvalue weighted by atomic mass is 10.3. The van der Waals surface area contributed by atoms with Crippen molar-refractivity contribution in [1.29, 1.82) is 0 Å². The lowest BCUT2D eigenvalue weighted by Gasteiger charge is -2.04. The van der Waals surface area contributed by atoms with Gasteiger partial charge >= 0.3 is 0 Å². The number of nitrogens with zero attached hydrogens (tertiary/aromatic N) is 1. The van der Waals surface area contributed by atoms with Crippen LogP contribution in [0.3, 0.4) is 0 Å². The van der Waals surface area contributed by atoms with E-state index in [1.165, 1.54) is 18.2 Å². The number of fused-ring (bicyclic) bond motifs is 1. The Balaban J connectivity index is 1.99. The highest BCUT2D eigenvalue weighted by Gasteiger charge is 2.11. The summed E-state index contributed by atoms with van der Waals surface area (Å²) in [5.41, 5.74) is 1.15. The average molecular weight is 275 g/mol. The van der Waals surface area contributed by atoms with Gasteiger partial charge in [-0.2, -0.15) is 0 Å². The predicted octanol–water partition coefficient (Wildman–Crippen LogP) is 3.59. The fourth-order valence-electron chi connectivity index (χ4n) is 1.91. The summed E-state index contributed by atoms with van der Waals surface area (Å²) in [6.45, 7) is 0. The molecule has 102 valence electrons. The van der Waals surface area contributed by atoms with E-state index in [0.29, 0.717) is 16.8 Å². The molecule has 0 unspecified atom stereocenters. The zero-order valence-corrected chi connectivity index (χ0v) is 10.6. The van der Waals surface area contributed by atoms with Crippen molar-refractivity contribution in [2.24, 2.45) is 0 Å².